The van der Waals surface area contributed by atoms with Crippen molar-refractivity contribution in [2.45, 2.75) is 25.0 Å². The summed E-state index contributed by atoms with van der Waals surface area (Å²) in [6.07, 6.45) is -0.233. The van der Waals surface area contributed by atoms with Crippen molar-refractivity contribution in [3.05, 3.63) is 35.4 Å². The molecular weight excluding hydrogens is 240 g/mol. The minimum atomic E-state index is -1.07. The van der Waals surface area contributed by atoms with Crippen LogP contribution in [0.25, 0.3) is 0 Å². The molecule has 0 amide bonds. The second-order valence-corrected chi connectivity index (χ2v) is 4.93. The quantitative estimate of drug-likeness (QED) is 0.863. The zero-order chi connectivity index (χ0) is 13.2. The minimum Gasteiger partial charge on any atom is -0.387 e. The minimum absolute atomic E-state index is 0.0231. The van der Waals surface area contributed by atoms with Crippen LogP contribution in [-0.4, -0.2) is 30.4 Å². The van der Waals surface area contributed by atoms with Crippen LogP contribution in [0.3, 0.4) is 0 Å². The summed E-state index contributed by atoms with van der Waals surface area (Å²) in [5.74, 6) is -1.15. The van der Waals surface area contributed by atoms with Crippen molar-refractivity contribution in [3.8, 4) is 0 Å². The van der Waals surface area contributed by atoms with Gasteiger partial charge in [0, 0.05) is 24.3 Å². The zero-order valence-corrected chi connectivity index (χ0v) is 10.2. The Morgan fingerprint density at radius 3 is 2.94 bits per heavy atom. The first-order valence-corrected chi connectivity index (χ1v) is 5.96. The van der Waals surface area contributed by atoms with E-state index in [1.807, 2.05) is 6.92 Å². The van der Waals surface area contributed by atoms with Gasteiger partial charge in [-0.2, -0.15) is 0 Å². The molecular formula is C13H17F2NO2. The molecule has 100 valence electrons. The molecule has 0 radical (unpaired) electrons. The lowest BCUT2D eigenvalue weighted by atomic mass is 10.0. The third-order valence-corrected chi connectivity index (χ3v) is 3.26. The SMILES string of the molecule is CC1(NCC(O)c2cc(F)ccc2F)CCOC1. The van der Waals surface area contributed by atoms with Crippen molar-refractivity contribution in [3.63, 3.8) is 0 Å². The maximum Gasteiger partial charge on any atom is 0.129 e. The molecule has 0 bridgehead atoms. The van der Waals surface area contributed by atoms with Crippen molar-refractivity contribution < 1.29 is 18.6 Å². The summed E-state index contributed by atoms with van der Waals surface area (Å²) in [5.41, 5.74) is -0.227. The summed E-state index contributed by atoms with van der Waals surface area (Å²) in [4.78, 5) is 0. The standard InChI is InChI=1S/C13H17F2NO2/c1-13(4-5-18-8-13)16-7-12(17)10-6-9(14)2-3-11(10)15/h2-3,6,12,16-17H,4-5,7-8H2,1H3. The van der Waals surface area contributed by atoms with Crippen molar-refractivity contribution in [1.29, 1.82) is 0 Å². The Labute approximate surface area is 105 Å². The van der Waals surface area contributed by atoms with Crippen LogP contribution in [0.15, 0.2) is 18.2 Å². The number of halogens is 2. The van der Waals surface area contributed by atoms with E-state index in [1.54, 1.807) is 0 Å². The smallest absolute Gasteiger partial charge is 0.129 e. The first-order chi connectivity index (χ1) is 8.50. The summed E-state index contributed by atoms with van der Waals surface area (Å²) < 4.78 is 31.7. The van der Waals surface area contributed by atoms with E-state index in [1.165, 1.54) is 0 Å². The molecule has 2 atom stereocenters. The molecule has 1 aliphatic heterocycles. The Balaban J connectivity index is 1.99. The molecule has 1 aliphatic rings. The highest BCUT2D eigenvalue weighted by molar-refractivity contribution is 5.21. The Kier molecular flexibility index (Phi) is 3.94. The van der Waals surface area contributed by atoms with Gasteiger partial charge in [0.25, 0.3) is 0 Å². The summed E-state index contributed by atoms with van der Waals surface area (Å²) in [7, 11) is 0. The van der Waals surface area contributed by atoms with Crippen LogP contribution in [0.2, 0.25) is 0 Å². The Morgan fingerprint density at radius 2 is 2.28 bits per heavy atom. The topological polar surface area (TPSA) is 41.5 Å². The third kappa shape index (κ3) is 3.04. The van der Waals surface area contributed by atoms with E-state index >= 15 is 0 Å². The van der Waals surface area contributed by atoms with Gasteiger partial charge in [-0.15, -0.1) is 0 Å². The van der Waals surface area contributed by atoms with Gasteiger partial charge in [-0.05, 0) is 31.5 Å². The van der Waals surface area contributed by atoms with E-state index in [-0.39, 0.29) is 17.6 Å². The highest BCUT2D eigenvalue weighted by atomic mass is 19.1. The summed E-state index contributed by atoms with van der Waals surface area (Å²) >= 11 is 0. The zero-order valence-electron chi connectivity index (χ0n) is 10.2. The number of hydrogen-bond acceptors (Lipinski definition) is 3. The number of β-amino-alcohol motifs (C(OH)–C–C–N with tert-alkyl or cyclic N) is 1. The van der Waals surface area contributed by atoms with E-state index in [4.69, 9.17) is 4.74 Å². The van der Waals surface area contributed by atoms with Crippen LogP contribution in [0.4, 0.5) is 8.78 Å². The monoisotopic (exact) mass is 257 g/mol. The Bertz CT molecular complexity index is 419. The van der Waals surface area contributed by atoms with Gasteiger partial charge >= 0.3 is 0 Å². The van der Waals surface area contributed by atoms with Crippen LogP contribution in [0, 0.1) is 11.6 Å². The lowest BCUT2D eigenvalue weighted by molar-refractivity contribution is 0.139. The lowest BCUT2D eigenvalue weighted by Crippen LogP contribution is -2.44. The van der Waals surface area contributed by atoms with Gasteiger partial charge in [0.1, 0.15) is 11.6 Å². The maximum atomic E-state index is 13.4. The average molecular weight is 257 g/mol. The fourth-order valence-electron chi connectivity index (χ4n) is 2.03. The van der Waals surface area contributed by atoms with Crippen LogP contribution in [-0.2, 0) is 4.74 Å². The number of ether oxygens (including phenoxy) is 1. The Morgan fingerprint density at radius 1 is 1.50 bits per heavy atom. The first-order valence-electron chi connectivity index (χ1n) is 5.96. The van der Waals surface area contributed by atoms with Crippen molar-refractivity contribution in [2.75, 3.05) is 19.8 Å². The number of rotatable bonds is 4. The number of aliphatic hydroxyl groups excluding tert-OH is 1. The average Bonchev–Trinajstić information content (AvgIpc) is 2.77. The van der Waals surface area contributed by atoms with Crippen molar-refractivity contribution in [2.24, 2.45) is 0 Å². The molecule has 1 saturated heterocycles. The van der Waals surface area contributed by atoms with Crippen molar-refractivity contribution >= 4 is 0 Å². The second kappa shape index (κ2) is 5.30. The summed E-state index contributed by atoms with van der Waals surface area (Å²) in [6, 6.07) is 3.08. The fraction of sp³-hybridized carbons (Fsp3) is 0.538. The van der Waals surface area contributed by atoms with Gasteiger partial charge in [-0.25, -0.2) is 8.78 Å². The van der Waals surface area contributed by atoms with Gasteiger partial charge in [-0.1, -0.05) is 0 Å². The van der Waals surface area contributed by atoms with Gasteiger partial charge < -0.3 is 15.2 Å². The van der Waals surface area contributed by atoms with Gasteiger partial charge in [-0.3, -0.25) is 0 Å². The van der Waals surface area contributed by atoms with E-state index < -0.39 is 17.7 Å². The van der Waals surface area contributed by atoms with E-state index in [0.717, 1.165) is 24.6 Å². The number of benzene rings is 1. The summed E-state index contributed by atoms with van der Waals surface area (Å²) in [5, 5.41) is 13.0. The van der Waals surface area contributed by atoms with Crippen LogP contribution >= 0.6 is 0 Å². The second-order valence-electron chi connectivity index (χ2n) is 4.93. The molecule has 0 saturated carbocycles. The highest BCUT2D eigenvalue weighted by Crippen LogP contribution is 2.21. The molecule has 2 N–H and O–H groups in total. The molecule has 1 heterocycles. The molecule has 1 fully saturated rings. The predicted octanol–water partition coefficient (Wildman–Crippen LogP) is 1.77. The van der Waals surface area contributed by atoms with E-state index in [0.29, 0.717) is 13.2 Å². The van der Waals surface area contributed by atoms with Crippen LogP contribution in [0.1, 0.15) is 25.0 Å². The molecule has 0 aliphatic carbocycles. The van der Waals surface area contributed by atoms with E-state index in [2.05, 4.69) is 5.32 Å². The lowest BCUT2D eigenvalue weighted by Gasteiger charge is -2.25. The molecule has 3 nitrogen and oxygen atoms in total. The van der Waals surface area contributed by atoms with Gasteiger partial charge in [0.2, 0.25) is 0 Å². The fourth-order valence-corrected chi connectivity index (χ4v) is 2.03. The van der Waals surface area contributed by atoms with Crippen LogP contribution < -0.4 is 5.32 Å². The molecule has 1 aromatic carbocycles. The highest BCUT2D eigenvalue weighted by Gasteiger charge is 2.30. The third-order valence-electron chi connectivity index (χ3n) is 3.26. The number of aliphatic hydroxyl groups is 1. The number of nitrogens with one attached hydrogen (secondary N) is 1. The molecule has 2 unspecified atom stereocenters. The first kappa shape index (κ1) is 13.4. The van der Waals surface area contributed by atoms with Crippen LogP contribution in [0.5, 0.6) is 0 Å². The maximum absolute atomic E-state index is 13.4. The Hall–Kier alpha value is -1.04. The summed E-state index contributed by atoms with van der Waals surface area (Å²) in [6.45, 7) is 3.38. The van der Waals surface area contributed by atoms with E-state index in [9.17, 15) is 13.9 Å². The normalized spacial score (nSPS) is 25.3. The molecule has 0 spiro atoms. The predicted molar refractivity (Wildman–Crippen MR) is 63.2 cm³/mol. The molecule has 0 aromatic heterocycles. The molecule has 2 rings (SSSR count). The molecule has 18 heavy (non-hydrogen) atoms. The van der Waals surface area contributed by atoms with Gasteiger partial charge in [0.15, 0.2) is 0 Å². The van der Waals surface area contributed by atoms with Gasteiger partial charge in [0.05, 0.1) is 12.7 Å². The van der Waals surface area contributed by atoms with Crippen molar-refractivity contribution in [1.82, 2.24) is 5.32 Å². The molecule has 1 aromatic rings. The largest absolute Gasteiger partial charge is 0.387 e. The number of hydrogen-bond donors (Lipinski definition) is 2. The molecule has 5 heteroatoms.